The molecule has 0 aliphatic carbocycles. The van der Waals surface area contributed by atoms with Crippen LogP contribution in [0.25, 0.3) is 0 Å². The van der Waals surface area contributed by atoms with Crippen LogP contribution < -0.4 is 0 Å². The predicted molar refractivity (Wildman–Crippen MR) is 67.1 cm³/mol. The Labute approximate surface area is 105 Å². The highest BCUT2D eigenvalue weighted by Gasteiger charge is 2.19. The van der Waals surface area contributed by atoms with Gasteiger partial charge in [-0.2, -0.15) is 0 Å². The van der Waals surface area contributed by atoms with Gasteiger partial charge in [-0.1, -0.05) is 0 Å². The maximum Gasteiger partial charge on any atom is 0.0794 e. The molecule has 1 saturated heterocycles. The molecule has 5 heteroatoms. The lowest BCUT2D eigenvalue weighted by atomic mass is 10.1. The molecule has 1 aliphatic rings. The van der Waals surface area contributed by atoms with Gasteiger partial charge in [0.2, 0.25) is 0 Å². The molecule has 0 radical (unpaired) electrons. The van der Waals surface area contributed by atoms with Crippen LogP contribution in [0.2, 0.25) is 0 Å². The molecule has 3 nitrogen and oxygen atoms in total. The predicted octanol–water partition coefficient (Wildman–Crippen LogP) is 2.36. The van der Waals surface area contributed by atoms with Gasteiger partial charge in [-0.05, 0) is 12.8 Å². The molecule has 0 aromatic carbocycles. The minimum atomic E-state index is 0.413. The summed E-state index contributed by atoms with van der Waals surface area (Å²) in [6, 6.07) is 0. The molecule has 1 aromatic heterocycles. The minimum absolute atomic E-state index is 0.413. The number of aromatic nitrogens is 1. The zero-order valence-corrected chi connectivity index (χ0v) is 10.8. The van der Waals surface area contributed by atoms with Crippen molar-refractivity contribution < 1.29 is 4.74 Å². The van der Waals surface area contributed by atoms with Crippen LogP contribution in [0.3, 0.4) is 0 Å². The molecule has 1 aliphatic heterocycles. The van der Waals surface area contributed by atoms with Crippen molar-refractivity contribution >= 4 is 22.9 Å². The summed E-state index contributed by atoms with van der Waals surface area (Å²) < 4.78 is 5.65. The lowest BCUT2D eigenvalue weighted by Gasteiger charge is -2.31. The second kappa shape index (κ2) is 6.55. The molecule has 1 fully saturated rings. The summed E-state index contributed by atoms with van der Waals surface area (Å²) in [5, 5.41) is 0. The average Bonchev–Trinajstić information content (AvgIpc) is 2.81. The van der Waals surface area contributed by atoms with Crippen molar-refractivity contribution in [2.45, 2.75) is 25.5 Å². The first-order valence-corrected chi connectivity index (χ1v) is 7.07. The quantitative estimate of drug-likeness (QED) is 0.760. The third-order valence-corrected chi connectivity index (χ3v) is 3.75. The summed E-state index contributed by atoms with van der Waals surface area (Å²) in [6.45, 7) is 3.95. The van der Waals surface area contributed by atoms with Gasteiger partial charge in [0, 0.05) is 36.6 Å². The molecular formula is C11H17ClN2OS. The number of halogens is 1. The second-order valence-electron chi connectivity index (χ2n) is 4.00. The molecule has 0 N–H and O–H groups in total. The van der Waals surface area contributed by atoms with Gasteiger partial charge in [-0.3, -0.25) is 9.88 Å². The molecule has 1 aromatic rings. The number of hydrogen-bond acceptors (Lipinski definition) is 4. The first-order valence-electron chi connectivity index (χ1n) is 5.66. The summed E-state index contributed by atoms with van der Waals surface area (Å²) in [5.74, 6) is 0.598. The van der Waals surface area contributed by atoms with E-state index in [2.05, 4.69) is 9.88 Å². The van der Waals surface area contributed by atoms with Crippen LogP contribution in [0.4, 0.5) is 0 Å². The van der Waals surface area contributed by atoms with Crippen molar-refractivity contribution in [2.24, 2.45) is 0 Å². The average molecular weight is 261 g/mol. The highest BCUT2D eigenvalue weighted by Crippen LogP contribution is 2.17. The number of nitrogens with zero attached hydrogens (tertiary/aromatic N) is 2. The van der Waals surface area contributed by atoms with Crippen molar-refractivity contribution in [2.75, 3.05) is 25.6 Å². The summed E-state index contributed by atoms with van der Waals surface area (Å²) in [7, 11) is 0. The topological polar surface area (TPSA) is 25.4 Å². The van der Waals surface area contributed by atoms with Gasteiger partial charge in [0.15, 0.2) is 0 Å². The Balaban J connectivity index is 1.69. The fraction of sp³-hybridized carbons (Fsp3) is 0.727. The number of alkyl halides is 1. The summed E-state index contributed by atoms with van der Waals surface area (Å²) in [5.41, 5.74) is 1.89. The van der Waals surface area contributed by atoms with Gasteiger partial charge in [0.05, 0.1) is 18.2 Å². The smallest absolute Gasteiger partial charge is 0.0794 e. The largest absolute Gasteiger partial charge is 0.377 e. The van der Waals surface area contributed by atoms with Crippen LogP contribution in [0.15, 0.2) is 11.7 Å². The lowest BCUT2D eigenvalue weighted by Crippen LogP contribution is -2.36. The highest BCUT2D eigenvalue weighted by atomic mass is 35.5. The van der Waals surface area contributed by atoms with Crippen LogP contribution in [-0.4, -0.2) is 41.6 Å². The number of thiazole rings is 1. The molecule has 0 spiro atoms. The SMILES string of the molecule is ClCCOC1CCN(Cc2cncs2)CC1. The van der Waals surface area contributed by atoms with Crippen LogP contribution >= 0.6 is 22.9 Å². The van der Waals surface area contributed by atoms with Crippen LogP contribution in [0, 0.1) is 0 Å². The number of likely N-dealkylation sites (tertiary alicyclic amines) is 1. The summed E-state index contributed by atoms with van der Waals surface area (Å²) in [4.78, 5) is 7.91. The Hall–Kier alpha value is -0.160. The van der Waals surface area contributed by atoms with E-state index >= 15 is 0 Å². The van der Waals surface area contributed by atoms with E-state index in [9.17, 15) is 0 Å². The van der Waals surface area contributed by atoms with Crippen molar-refractivity contribution in [3.63, 3.8) is 0 Å². The van der Waals surface area contributed by atoms with Crippen LogP contribution in [0.5, 0.6) is 0 Å². The molecule has 16 heavy (non-hydrogen) atoms. The van der Waals surface area contributed by atoms with Gasteiger partial charge in [-0.15, -0.1) is 22.9 Å². The molecule has 0 unspecified atom stereocenters. The molecule has 0 bridgehead atoms. The Morgan fingerprint density at radius 1 is 1.50 bits per heavy atom. The van der Waals surface area contributed by atoms with E-state index < -0.39 is 0 Å². The van der Waals surface area contributed by atoms with E-state index in [0.29, 0.717) is 18.6 Å². The van der Waals surface area contributed by atoms with Gasteiger partial charge in [-0.25, -0.2) is 0 Å². The first-order chi connectivity index (χ1) is 7.88. The second-order valence-corrected chi connectivity index (χ2v) is 5.35. The van der Waals surface area contributed by atoms with Gasteiger partial charge < -0.3 is 4.74 Å². The number of rotatable bonds is 5. The van der Waals surface area contributed by atoms with Crippen LogP contribution in [-0.2, 0) is 11.3 Å². The zero-order valence-electron chi connectivity index (χ0n) is 9.27. The zero-order chi connectivity index (χ0) is 11.2. The van der Waals surface area contributed by atoms with Crippen molar-refractivity contribution in [3.05, 3.63) is 16.6 Å². The van der Waals surface area contributed by atoms with Crippen molar-refractivity contribution in [1.29, 1.82) is 0 Å². The van der Waals surface area contributed by atoms with Crippen LogP contribution in [0.1, 0.15) is 17.7 Å². The van der Waals surface area contributed by atoms with E-state index in [4.69, 9.17) is 16.3 Å². The van der Waals surface area contributed by atoms with E-state index in [1.165, 1.54) is 4.88 Å². The summed E-state index contributed by atoms with van der Waals surface area (Å²) in [6.07, 6.45) is 4.61. The van der Waals surface area contributed by atoms with E-state index in [-0.39, 0.29) is 0 Å². The fourth-order valence-corrected chi connectivity index (χ4v) is 2.71. The minimum Gasteiger partial charge on any atom is -0.377 e. The van der Waals surface area contributed by atoms with Gasteiger partial charge in [0.1, 0.15) is 0 Å². The third kappa shape index (κ3) is 3.70. The van der Waals surface area contributed by atoms with E-state index in [0.717, 1.165) is 32.5 Å². The molecule has 2 rings (SSSR count). The monoisotopic (exact) mass is 260 g/mol. The third-order valence-electron chi connectivity index (χ3n) is 2.83. The Morgan fingerprint density at radius 2 is 2.31 bits per heavy atom. The Bertz CT molecular complexity index is 286. The summed E-state index contributed by atoms with van der Waals surface area (Å²) >= 11 is 7.33. The van der Waals surface area contributed by atoms with Gasteiger partial charge >= 0.3 is 0 Å². The Kier molecular flexibility index (Phi) is 5.03. The molecular weight excluding hydrogens is 244 g/mol. The number of piperidine rings is 1. The van der Waals surface area contributed by atoms with Crippen molar-refractivity contribution in [3.8, 4) is 0 Å². The van der Waals surface area contributed by atoms with E-state index in [1.807, 2.05) is 11.7 Å². The maximum atomic E-state index is 5.65. The molecule has 0 saturated carbocycles. The van der Waals surface area contributed by atoms with E-state index in [1.54, 1.807) is 11.3 Å². The maximum absolute atomic E-state index is 5.65. The van der Waals surface area contributed by atoms with Crippen molar-refractivity contribution in [1.82, 2.24) is 9.88 Å². The molecule has 2 heterocycles. The number of ether oxygens (including phenoxy) is 1. The normalized spacial score (nSPS) is 19.1. The Morgan fingerprint density at radius 3 is 2.94 bits per heavy atom. The molecule has 0 amide bonds. The highest BCUT2D eigenvalue weighted by molar-refractivity contribution is 7.09. The molecule has 90 valence electrons. The fourth-order valence-electron chi connectivity index (χ4n) is 1.99. The lowest BCUT2D eigenvalue weighted by molar-refractivity contribution is 0.0137. The first kappa shape index (κ1) is 12.3. The standard InChI is InChI=1S/C11H17ClN2OS/c12-3-6-15-10-1-4-14(5-2-10)8-11-7-13-9-16-11/h7,9-10H,1-6,8H2. The van der Waals surface area contributed by atoms with Gasteiger partial charge in [0.25, 0.3) is 0 Å². The molecule has 0 atom stereocenters. The number of hydrogen-bond donors (Lipinski definition) is 0.